The van der Waals surface area contributed by atoms with E-state index in [4.69, 9.17) is 46.4 Å². The van der Waals surface area contributed by atoms with E-state index in [9.17, 15) is 4.79 Å². The van der Waals surface area contributed by atoms with Crippen LogP contribution in [0.15, 0.2) is 24.3 Å². The summed E-state index contributed by atoms with van der Waals surface area (Å²) in [7, 11) is 0. The molecular formula is C15H18Cl4N2O. The number of hydrogen-bond donors (Lipinski definition) is 1. The van der Waals surface area contributed by atoms with Crippen molar-refractivity contribution in [3.63, 3.8) is 0 Å². The predicted octanol–water partition coefficient (Wildman–Crippen LogP) is 4.64. The van der Waals surface area contributed by atoms with Crippen molar-refractivity contribution in [3.8, 4) is 0 Å². The number of likely N-dealkylation sites (tertiary alicyclic amines) is 1. The van der Waals surface area contributed by atoms with Crippen LogP contribution in [0.1, 0.15) is 36.0 Å². The van der Waals surface area contributed by atoms with Gasteiger partial charge >= 0.3 is 0 Å². The molecule has 0 aliphatic carbocycles. The maximum atomic E-state index is 12.5. The van der Waals surface area contributed by atoms with Gasteiger partial charge in [0.15, 0.2) is 0 Å². The van der Waals surface area contributed by atoms with Crippen molar-refractivity contribution < 1.29 is 4.79 Å². The molecule has 2 rings (SSSR count). The number of benzene rings is 1. The highest BCUT2D eigenvalue weighted by Gasteiger charge is 2.38. The lowest BCUT2D eigenvalue weighted by molar-refractivity contribution is 0.0853. The molecule has 1 aromatic rings. The second kappa shape index (κ2) is 8.07. The van der Waals surface area contributed by atoms with E-state index in [0.717, 1.165) is 38.8 Å². The molecule has 122 valence electrons. The lowest BCUT2D eigenvalue weighted by Crippen LogP contribution is -2.55. The van der Waals surface area contributed by atoms with Crippen LogP contribution in [0, 0.1) is 0 Å². The van der Waals surface area contributed by atoms with Crippen molar-refractivity contribution >= 4 is 52.3 Å². The molecule has 1 aliphatic heterocycles. The molecule has 1 aromatic carbocycles. The Hall–Kier alpha value is -0.190. The highest BCUT2D eigenvalue weighted by atomic mass is 35.6. The van der Waals surface area contributed by atoms with Crippen LogP contribution in [0.3, 0.4) is 0 Å². The maximum Gasteiger partial charge on any atom is 0.254 e. The lowest BCUT2D eigenvalue weighted by atomic mass is 10.2. The molecule has 22 heavy (non-hydrogen) atoms. The van der Waals surface area contributed by atoms with Crippen molar-refractivity contribution in [2.24, 2.45) is 0 Å². The SMILES string of the molecule is O=C(N[C@H](N1CCCCCC1)C(Cl)(Cl)Cl)c1ccccc1Cl. The summed E-state index contributed by atoms with van der Waals surface area (Å²) in [4.78, 5) is 14.5. The maximum absolute atomic E-state index is 12.5. The molecule has 1 N–H and O–H groups in total. The fourth-order valence-corrected chi connectivity index (χ4v) is 3.38. The predicted molar refractivity (Wildman–Crippen MR) is 93.0 cm³/mol. The second-order valence-corrected chi connectivity index (χ2v) is 8.12. The topological polar surface area (TPSA) is 32.3 Å². The Bertz CT molecular complexity index is 511. The first-order valence-corrected chi connectivity index (χ1v) is 8.77. The highest BCUT2D eigenvalue weighted by Crippen LogP contribution is 2.33. The number of carbonyl (C=O) groups is 1. The van der Waals surface area contributed by atoms with Crippen molar-refractivity contribution in [1.82, 2.24) is 10.2 Å². The van der Waals surface area contributed by atoms with Gasteiger partial charge < -0.3 is 5.32 Å². The van der Waals surface area contributed by atoms with E-state index in [1.54, 1.807) is 24.3 Å². The van der Waals surface area contributed by atoms with Gasteiger partial charge in [-0.05, 0) is 25.0 Å². The Morgan fingerprint density at radius 3 is 2.23 bits per heavy atom. The van der Waals surface area contributed by atoms with Gasteiger partial charge in [0.25, 0.3) is 5.91 Å². The molecule has 1 aliphatic rings. The molecule has 1 fully saturated rings. The van der Waals surface area contributed by atoms with Crippen LogP contribution in [-0.2, 0) is 0 Å². The Morgan fingerprint density at radius 1 is 1.09 bits per heavy atom. The van der Waals surface area contributed by atoms with Gasteiger partial charge in [0, 0.05) is 13.1 Å². The van der Waals surface area contributed by atoms with Gasteiger partial charge in [0.1, 0.15) is 6.17 Å². The summed E-state index contributed by atoms with van der Waals surface area (Å²) in [6, 6.07) is 6.82. The van der Waals surface area contributed by atoms with Gasteiger partial charge in [0.2, 0.25) is 3.79 Å². The summed E-state index contributed by atoms with van der Waals surface area (Å²) in [6.07, 6.45) is 3.68. The number of hydrogen-bond acceptors (Lipinski definition) is 2. The lowest BCUT2D eigenvalue weighted by Gasteiger charge is -2.35. The minimum atomic E-state index is -1.61. The van der Waals surface area contributed by atoms with Gasteiger partial charge in [0.05, 0.1) is 10.6 Å². The minimum absolute atomic E-state index is 0.342. The Labute approximate surface area is 150 Å². The van der Waals surface area contributed by atoms with Gasteiger partial charge in [-0.1, -0.05) is 71.4 Å². The Morgan fingerprint density at radius 2 is 1.68 bits per heavy atom. The summed E-state index contributed by atoms with van der Waals surface area (Å²) in [5, 5.41) is 3.19. The molecule has 1 heterocycles. The van der Waals surface area contributed by atoms with Crippen molar-refractivity contribution in [2.75, 3.05) is 13.1 Å². The van der Waals surface area contributed by atoms with Gasteiger partial charge in [-0.2, -0.15) is 0 Å². The Kier molecular flexibility index (Phi) is 6.66. The van der Waals surface area contributed by atoms with Crippen LogP contribution in [0.4, 0.5) is 0 Å². The van der Waals surface area contributed by atoms with Crippen LogP contribution < -0.4 is 5.32 Å². The summed E-state index contributed by atoms with van der Waals surface area (Å²) in [6.45, 7) is 1.59. The van der Waals surface area contributed by atoms with Crippen LogP contribution >= 0.6 is 46.4 Å². The zero-order chi connectivity index (χ0) is 16.2. The first-order valence-electron chi connectivity index (χ1n) is 7.26. The fraction of sp³-hybridized carbons (Fsp3) is 0.533. The number of alkyl halides is 3. The zero-order valence-corrected chi connectivity index (χ0v) is 15.0. The third-order valence-electron chi connectivity index (χ3n) is 3.70. The van der Waals surface area contributed by atoms with E-state index in [1.807, 2.05) is 4.90 Å². The molecule has 0 bridgehead atoms. The molecule has 0 saturated carbocycles. The number of amides is 1. The molecule has 1 saturated heterocycles. The van der Waals surface area contributed by atoms with Crippen LogP contribution in [-0.4, -0.2) is 33.9 Å². The largest absolute Gasteiger partial charge is 0.332 e. The molecule has 1 amide bonds. The highest BCUT2D eigenvalue weighted by molar-refractivity contribution is 6.68. The number of carbonyl (C=O) groups excluding carboxylic acids is 1. The van der Waals surface area contributed by atoms with E-state index in [-0.39, 0.29) is 5.91 Å². The number of nitrogens with zero attached hydrogens (tertiary/aromatic N) is 1. The smallest absolute Gasteiger partial charge is 0.254 e. The quantitative estimate of drug-likeness (QED) is 0.771. The molecular weight excluding hydrogens is 366 g/mol. The molecule has 0 spiro atoms. The molecule has 0 radical (unpaired) electrons. The Balaban J connectivity index is 2.16. The minimum Gasteiger partial charge on any atom is -0.332 e. The second-order valence-electron chi connectivity index (χ2n) is 5.35. The summed E-state index contributed by atoms with van der Waals surface area (Å²) < 4.78 is -1.61. The monoisotopic (exact) mass is 382 g/mol. The molecule has 3 nitrogen and oxygen atoms in total. The third kappa shape index (κ3) is 4.90. The van der Waals surface area contributed by atoms with E-state index in [1.165, 1.54) is 0 Å². The summed E-state index contributed by atoms with van der Waals surface area (Å²) in [5.74, 6) is -0.342. The van der Waals surface area contributed by atoms with Gasteiger partial charge in [-0.25, -0.2) is 0 Å². The fourth-order valence-electron chi connectivity index (χ4n) is 2.58. The molecule has 7 heteroatoms. The first-order chi connectivity index (χ1) is 10.4. The average Bonchev–Trinajstić information content (AvgIpc) is 2.72. The summed E-state index contributed by atoms with van der Waals surface area (Å²) >= 11 is 24.4. The van der Waals surface area contributed by atoms with E-state index >= 15 is 0 Å². The van der Waals surface area contributed by atoms with E-state index in [2.05, 4.69) is 5.32 Å². The number of halogens is 4. The average molecular weight is 384 g/mol. The van der Waals surface area contributed by atoms with E-state index in [0.29, 0.717) is 10.6 Å². The molecule has 0 aromatic heterocycles. The zero-order valence-electron chi connectivity index (χ0n) is 12.0. The first kappa shape index (κ1) is 18.2. The molecule has 1 atom stereocenters. The van der Waals surface area contributed by atoms with Crippen molar-refractivity contribution in [2.45, 2.75) is 35.6 Å². The number of nitrogens with one attached hydrogen (secondary N) is 1. The molecule has 0 unspecified atom stereocenters. The van der Waals surface area contributed by atoms with Crippen molar-refractivity contribution in [1.29, 1.82) is 0 Å². The van der Waals surface area contributed by atoms with Crippen LogP contribution in [0.25, 0.3) is 0 Å². The van der Waals surface area contributed by atoms with E-state index < -0.39 is 9.96 Å². The van der Waals surface area contributed by atoms with Crippen LogP contribution in [0.2, 0.25) is 5.02 Å². The van der Waals surface area contributed by atoms with Crippen LogP contribution in [0.5, 0.6) is 0 Å². The van der Waals surface area contributed by atoms with Gasteiger partial charge in [-0.15, -0.1) is 0 Å². The standard InChI is InChI=1S/C15H18Cl4N2O/c16-12-8-4-3-7-11(12)13(22)20-14(15(17,18)19)21-9-5-1-2-6-10-21/h3-4,7-8,14H,1-2,5-6,9-10H2,(H,20,22)/t14-/m1/s1. The summed E-state index contributed by atoms with van der Waals surface area (Å²) in [5.41, 5.74) is 0.373. The third-order valence-corrected chi connectivity index (χ3v) is 4.65. The number of rotatable bonds is 3. The van der Waals surface area contributed by atoms with Gasteiger partial charge in [-0.3, -0.25) is 9.69 Å². The normalized spacial score (nSPS) is 18.5. The van der Waals surface area contributed by atoms with Crippen molar-refractivity contribution in [3.05, 3.63) is 34.9 Å².